The molecule has 0 aromatic carbocycles. The zero-order valence-electron chi connectivity index (χ0n) is 11.3. The van der Waals surface area contributed by atoms with Crippen LogP contribution in [0.3, 0.4) is 0 Å². The fourth-order valence-corrected chi connectivity index (χ4v) is 0.637. The van der Waals surface area contributed by atoms with Crippen molar-refractivity contribution in [3.05, 3.63) is 0 Å². The van der Waals surface area contributed by atoms with E-state index in [1.807, 2.05) is 6.92 Å². The first kappa shape index (κ1) is 19.3. The average Bonchev–Trinajstić information content (AvgIpc) is 2.22. The molecule has 0 unspecified atom stereocenters. The Balaban J connectivity index is 0. The quantitative estimate of drug-likeness (QED) is 0.450. The number of aliphatic imine (C=N–C) groups is 2. The molecule has 0 saturated heterocycles. The van der Waals surface area contributed by atoms with Gasteiger partial charge in [-0.2, -0.15) is 8.42 Å². The second-order valence-electron chi connectivity index (χ2n) is 3.58. The van der Waals surface area contributed by atoms with Gasteiger partial charge in [-0.1, -0.05) is 0 Å². The number of hydrogen-bond acceptors (Lipinski definition) is 6. The van der Waals surface area contributed by atoms with Crippen LogP contribution in [-0.2, 0) is 14.9 Å². The molecule has 0 aliphatic carbocycles. The van der Waals surface area contributed by atoms with Crippen LogP contribution in [0.2, 0.25) is 0 Å². The third kappa shape index (κ3) is 17.3. The lowest BCUT2D eigenvalue weighted by Crippen LogP contribution is -2.13. The molecule has 0 saturated carbocycles. The van der Waals surface area contributed by atoms with Gasteiger partial charge in [0.15, 0.2) is 0 Å². The van der Waals surface area contributed by atoms with E-state index in [9.17, 15) is 13.2 Å². The van der Waals surface area contributed by atoms with Crippen molar-refractivity contribution in [1.82, 2.24) is 4.90 Å². The summed E-state index contributed by atoms with van der Waals surface area (Å²) in [6, 6.07) is 2.64. The Morgan fingerprint density at radius 3 is 2.17 bits per heavy atom. The lowest BCUT2D eigenvalue weighted by molar-refractivity contribution is -0.110. The fourth-order valence-electron chi connectivity index (χ4n) is 0.637. The van der Waals surface area contributed by atoms with E-state index in [1.54, 1.807) is 0 Å². The van der Waals surface area contributed by atoms with E-state index in [2.05, 4.69) is 35.0 Å². The highest BCUT2D eigenvalue weighted by Gasteiger charge is 2.09. The van der Waals surface area contributed by atoms with Crippen LogP contribution in [0.1, 0.15) is 20.3 Å². The second kappa shape index (κ2) is 11.0. The minimum absolute atomic E-state index is 0.773. The summed E-state index contributed by atoms with van der Waals surface area (Å²) in [4.78, 5) is 19.6. The zero-order chi connectivity index (χ0) is 14.6. The largest absolute Gasteiger partial charge is 0.328 e. The van der Waals surface area contributed by atoms with Crippen LogP contribution >= 0.6 is 0 Å². The van der Waals surface area contributed by atoms with E-state index in [0.717, 1.165) is 33.0 Å². The van der Waals surface area contributed by atoms with Gasteiger partial charge in [0.1, 0.15) is 0 Å². The number of carbonyl (C=O) groups is 1. The Hall–Kier alpha value is -1.08. The van der Waals surface area contributed by atoms with Crippen molar-refractivity contribution in [2.24, 2.45) is 9.98 Å². The van der Waals surface area contributed by atoms with Gasteiger partial charge in [0.2, 0.25) is 0 Å². The van der Waals surface area contributed by atoms with Gasteiger partial charge < -0.3 is 4.90 Å². The Kier molecular flexibility index (Phi) is 11.8. The molecule has 8 heteroatoms. The van der Waals surface area contributed by atoms with Gasteiger partial charge in [-0.3, -0.25) is 9.35 Å². The van der Waals surface area contributed by atoms with E-state index in [4.69, 9.17) is 4.55 Å². The summed E-state index contributed by atoms with van der Waals surface area (Å²) in [6.07, 6.45) is 1.08. The average molecular weight is 279 g/mol. The summed E-state index contributed by atoms with van der Waals surface area (Å²) in [6.45, 7) is 5.44. The number of rotatable bonds is 5. The molecule has 0 amide bonds. The minimum Gasteiger partial charge on any atom is -0.309 e. The second-order valence-corrected chi connectivity index (χ2v) is 5.10. The first-order valence-corrected chi connectivity index (χ1v) is 6.86. The molecule has 0 aliphatic heterocycles. The number of nitrogens with zero attached hydrogens (tertiary/aromatic N) is 3. The summed E-state index contributed by atoms with van der Waals surface area (Å²) in [5.41, 5.74) is 0. The molecular weight excluding hydrogens is 258 g/mol. The van der Waals surface area contributed by atoms with Gasteiger partial charge in [-0.05, 0) is 34.0 Å². The SMILES string of the molecule is CC(=O)S(=O)(=O)O.CCN=C=NCCCN(C)C. The van der Waals surface area contributed by atoms with Gasteiger partial charge in [0.25, 0.3) is 5.12 Å². The van der Waals surface area contributed by atoms with Crippen LogP contribution in [0.15, 0.2) is 9.98 Å². The van der Waals surface area contributed by atoms with E-state index >= 15 is 0 Å². The molecule has 0 aromatic rings. The molecule has 0 rings (SSSR count). The van der Waals surface area contributed by atoms with Crippen LogP contribution in [0, 0.1) is 0 Å². The van der Waals surface area contributed by atoms with Crippen molar-refractivity contribution in [3.8, 4) is 0 Å². The highest BCUT2D eigenvalue weighted by molar-refractivity contribution is 8.01. The Labute approximate surface area is 108 Å². The third-order valence-electron chi connectivity index (χ3n) is 1.54. The normalized spacial score (nSPS) is 10.1. The highest BCUT2D eigenvalue weighted by Crippen LogP contribution is 1.82. The van der Waals surface area contributed by atoms with Crippen LogP contribution in [0.25, 0.3) is 0 Å². The standard InChI is InChI=1S/C8H17N3.C2H4O4S/c1-4-9-8-10-6-5-7-11(2)3;1-2(3)7(4,5)6/h4-7H2,1-3H3;1H3,(H,4,5,6). The summed E-state index contributed by atoms with van der Waals surface area (Å²) in [5, 5.41) is -1.23. The van der Waals surface area contributed by atoms with E-state index in [0.29, 0.717) is 0 Å². The lowest BCUT2D eigenvalue weighted by Gasteiger charge is -2.05. The minimum atomic E-state index is -4.38. The molecule has 0 heterocycles. The molecule has 7 nitrogen and oxygen atoms in total. The lowest BCUT2D eigenvalue weighted by atomic mass is 10.4. The van der Waals surface area contributed by atoms with Crippen molar-refractivity contribution < 1.29 is 17.8 Å². The number of hydrogen-bond donors (Lipinski definition) is 1. The van der Waals surface area contributed by atoms with Crippen LogP contribution in [0.5, 0.6) is 0 Å². The van der Waals surface area contributed by atoms with Crippen molar-refractivity contribution in [1.29, 1.82) is 0 Å². The van der Waals surface area contributed by atoms with Gasteiger partial charge in [-0.25, -0.2) is 9.98 Å². The van der Waals surface area contributed by atoms with Crippen molar-refractivity contribution in [2.45, 2.75) is 20.3 Å². The van der Waals surface area contributed by atoms with Crippen LogP contribution in [0.4, 0.5) is 0 Å². The first-order chi connectivity index (χ1) is 8.21. The molecule has 0 atom stereocenters. The number of carbonyl (C=O) groups excluding carboxylic acids is 1. The first-order valence-electron chi connectivity index (χ1n) is 5.42. The molecule has 1 N–H and O–H groups in total. The molecule has 0 spiro atoms. The molecule has 18 heavy (non-hydrogen) atoms. The van der Waals surface area contributed by atoms with Gasteiger partial charge in [0.05, 0.1) is 12.6 Å². The van der Waals surface area contributed by atoms with Crippen molar-refractivity contribution in [3.63, 3.8) is 0 Å². The Morgan fingerprint density at radius 2 is 1.83 bits per heavy atom. The molecule has 0 aliphatic rings. The molecular formula is C10H21N3O4S. The Bertz CT molecular complexity index is 384. The van der Waals surface area contributed by atoms with Crippen molar-refractivity contribution >= 4 is 21.2 Å². The summed E-state index contributed by atoms with van der Waals surface area (Å²) >= 11 is 0. The monoisotopic (exact) mass is 279 g/mol. The maximum atomic E-state index is 9.63. The Morgan fingerprint density at radius 1 is 1.33 bits per heavy atom. The maximum absolute atomic E-state index is 9.63. The molecule has 106 valence electrons. The molecule has 0 radical (unpaired) electrons. The predicted octanol–water partition coefficient (Wildman–Crippen LogP) is 0.553. The summed E-state index contributed by atoms with van der Waals surface area (Å²) < 4.78 is 26.8. The topological polar surface area (TPSA) is 99.4 Å². The van der Waals surface area contributed by atoms with E-state index in [1.165, 1.54) is 0 Å². The zero-order valence-corrected chi connectivity index (χ0v) is 12.1. The van der Waals surface area contributed by atoms with Crippen LogP contribution in [-0.4, -0.2) is 62.7 Å². The predicted molar refractivity (Wildman–Crippen MR) is 70.7 cm³/mol. The third-order valence-corrected chi connectivity index (χ3v) is 2.26. The summed E-state index contributed by atoms with van der Waals surface area (Å²) in [7, 11) is -0.261. The molecule has 0 aromatic heterocycles. The van der Waals surface area contributed by atoms with Crippen LogP contribution < -0.4 is 0 Å². The molecule has 0 bridgehead atoms. The van der Waals surface area contributed by atoms with Gasteiger partial charge in [0, 0.05) is 13.5 Å². The smallest absolute Gasteiger partial charge is 0.309 e. The van der Waals surface area contributed by atoms with Gasteiger partial charge >= 0.3 is 10.1 Å². The molecule has 0 fully saturated rings. The maximum Gasteiger partial charge on any atom is 0.328 e. The van der Waals surface area contributed by atoms with E-state index in [-0.39, 0.29) is 0 Å². The van der Waals surface area contributed by atoms with Crippen molar-refractivity contribution in [2.75, 3.05) is 33.7 Å². The highest BCUT2D eigenvalue weighted by atomic mass is 32.2. The fraction of sp³-hybridized carbons (Fsp3) is 0.800. The summed E-state index contributed by atoms with van der Waals surface area (Å²) in [5.74, 6) is 0. The van der Waals surface area contributed by atoms with E-state index < -0.39 is 15.2 Å². The van der Waals surface area contributed by atoms with Gasteiger partial charge in [-0.15, -0.1) is 0 Å².